The fourth-order valence-electron chi connectivity index (χ4n) is 21.5. The van der Waals surface area contributed by atoms with Crippen LogP contribution in [0.4, 0.5) is 0 Å². The summed E-state index contributed by atoms with van der Waals surface area (Å²) in [7, 11) is 0. The molecule has 4 atom stereocenters. The minimum atomic E-state index is -0.752. The summed E-state index contributed by atoms with van der Waals surface area (Å²) < 4.78 is 13.1. The molecule has 0 aliphatic heterocycles. The highest BCUT2D eigenvalue weighted by atomic mass is 16.3. The van der Waals surface area contributed by atoms with Crippen LogP contribution in [0.15, 0.2) is 409 Å². The summed E-state index contributed by atoms with van der Waals surface area (Å²) in [6.45, 7) is 0. The first-order chi connectivity index (χ1) is 54.5. The van der Waals surface area contributed by atoms with Crippen LogP contribution < -0.4 is 0 Å². The second kappa shape index (κ2) is 22.8. The topological polar surface area (TPSA) is 26.3 Å². The molecule has 6 aliphatic rings. The molecule has 0 saturated carbocycles. The van der Waals surface area contributed by atoms with Crippen LogP contribution in [0.5, 0.6) is 0 Å². The second-order valence-electron chi connectivity index (χ2n) is 30.6. The lowest BCUT2D eigenvalue weighted by molar-refractivity contribution is 0.597. The van der Waals surface area contributed by atoms with E-state index in [4.69, 9.17) is 8.83 Å². The van der Waals surface area contributed by atoms with Crippen molar-refractivity contribution in [2.45, 2.75) is 21.7 Å². The summed E-state index contributed by atoms with van der Waals surface area (Å²) in [4.78, 5) is 0. The molecule has 24 rings (SSSR count). The van der Waals surface area contributed by atoms with Gasteiger partial charge in [0.15, 0.2) is 0 Å². The third kappa shape index (κ3) is 7.91. The number of hydrogen-bond donors (Lipinski definition) is 0. The van der Waals surface area contributed by atoms with E-state index < -0.39 is 21.7 Å². The van der Waals surface area contributed by atoms with Gasteiger partial charge in [-0.3, -0.25) is 0 Å². The molecule has 0 saturated heterocycles. The van der Waals surface area contributed by atoms with Crippen LogP contribution in [-0.4, -0.2) is 0 Å². The number of furan rings is 2. The lowest BCUT2D eigenvalue weighted by atomic mass is 9.52. The van der Waals surface area contributed by atoms with Gasteiger partial charge in [-0.15, -0.1) is 0 Å². The molecule has 4 unspecified atom stereocenters. The smallest absolute Gasteiger partial charge is 0.134 e. The normalized spacial score (nSPS) is 18.1. The molecule has 18 aromatic rings. The zero-order valence-corrected chi connectivity index (χ0v) is 59.9. The van der Waals surface area contributed by atoms with Crippen molar-refractivity contribution in [3.63, 3.8) is 0 Å². The predicted molar refractivity (Wildman–Crippen MR) is 445 cm³/mol. The molecule has 0 N–H and O–H groups in total. The third-order valence-electron chi connectivity index (χ3n) is 25.7. The summed E-state index contributed by atoms with van der Waals surface area (Å²) in [5, 5.41) is 0. The van der Waals surface area contributed by atoms with Crippen LogP contribution >= 0.6 is 0 Å². The Hall–Kier alpha value is -13.9. The highest BCUT2D eigenvalue weighted by Gasteiger charge is 2.62. The van der Waals surface area contributed by atoms with Gasteiger partial charge >= 0.3 is 0 Å². The molecule has 510 valence electrons. The molecule has 0 bridgehead atoms. The van der Waals surface area contributed by atoms with Gasteiger partial charge in [0.2, 0.25) is 0 Å². The van der Waals surface area contributed by atoms with Gasteiger partial charge in [0.05, 0.1) is 21.7 Å². The van der Waals surface area contributed by atoms with Crippen molar-refractivity contribution in [3.05, 3.63) is 489 Å². The van der Waals surface area contributed by atoms with Gasteiger partial charge in [0.25, 0.3) is 0 Å². The van der Waals surface area contributed by atoms with Crippen molar-refractivity contribution in [1.29, 1.82) is 0 Å². The van der Waals surface area contributed by atoms with Crippen LogP contribution in [0.2, 0.25) is 0 Å². The van der Waals surface area contributed by atoms with Gasteiger partial charge in [-0.2, -0.15) is 0 Å². The Labute approximate surface area is 638 Å². The van der Waals surface area contributed by atoms with E-state index in [1.165, 1.54) is 150 Å². The maximum Gasteiger partial charge on any atom is 0.134 e. The van der Waals surface area contributed by atoms with E-state index in [0.29, 0.717) is 0 Å². The average molecular weight is 1400 g/mol. The van der Waals surface area contributed by atoms with Gasteiger partial charge in [-0.05, 0) is 215 Å². The van der Waals surface area contributed by atoms with Crippen LogP contribution in [0, 0.1) is 0 Å². The van der Waals surface area contributed by atoms with Crippen molar-refractivity contribution in [1.82, 2.24) is 0 Å². The molecule has 0 radical (unpaired) electrons. The Kier molecular flexibility index (Phi) is 12.7. The summed E-state index contributed by atoms with van der Waals surface area (Å²) >= 11 is 0. The first kappa shape index (κ1) is 61.3. The van der Waals surface area contributed by atoms with Crippen LogP contribution in [0.3, 0.4) is 0 Å². The van der Waals surface area contributed by atoms with E-state index >= 15 is 0 Å². The number of rotatable bonds is 9. The molecule has 16 aromatic carbocycles. The Bertz CT molecular complexity index is 6880. The fraction of sp³-hybridized carbons (Fsp3) is 0.0370. The molecule has 0 amide bonds. The van der Waals surface area contributed by atoms with Crippen LogP contribution in [0.25, 0.3) is 123 Å². The van der Waals surface area contributed by atoms with E-state index in [9.17, 15) is 0 Å². The van der Waals surface area contributed by atoms with Crippen molar-refractivity contribution >= 4 is 0 Å². The maximum atomic E-state index is 6.65. The summed E-state index contributed by atoms with van der Waals surface area (Å²) in [6.07, 6.45) is 0. The Morgan fingerprint density at radius 2 is 0.464 bits per heavy atom. The maximum absolute atomic E-state index is 6.65. The molecule has 2 aromatic heterocycles. The Morgan fingerprint density at radius 3 is 0.982 bits per heavy atom. The Balaban J connectivity index is 0.728. The number of hydrogen-bond acceptors (Lipinski definition) is 2. The molecular formula is C108H66O2. The summed E-state index contributed by atoms with van der Waals surface area (Å²) in [5.74, 6) is 3.40. The molecule has 2 heteroatoms. The van der Waals surface area contributed by atoms with Crippen molar-refractivity contribution < 1.29 is 8.83 Å². The molecule has 2 spiro atoms. The van der Waals surface area contributed by atoms with E-state index in [1.54, 1.807) is 0 Å². The lowest BCUT2D eigenvalue weighted by Gasteiger charge is -2.48. The first-order valence-corrected chi connectivity index (χ1v) is 38.4. The van der Waals surface area contributed by atoms with Gasteiger partial charge in [-0.25, -0.2) is 0 Å². The first-order valence-electron chi connectivity index (χ1n) is 38.4. The van der Waals surface area contributed by atoms with Gasteiger partial charge < -0.3 is 8.83 Å². The molecule has 2 heterocycles. The molecule has 110 heavy (non-hydrogen) atoms. The highest BCUT2D eigenvalue weighted by molar-refractivity contribution is 6.04. The minimum absolute atomic E-state index is 0.588. The second-order valence-corrected chi connectivity index (χ2v) is 30.6. The summed E-state index contributed by atoms with van der Waals surface area (Å²) in [6, 6.07) is 151. The average Bonchev–Trinajstić information content (AvgIpc) is 1.46. The summed E-state index contributed by atoms with van der Waals surface area (Å²) in [5.41, 5.74) is 39.5. The molecule has 2 nitrogen and oxygen atoms in total. The van der Waals surface area contributed by atoms with E-state index in [0.717, 1.165) is 62.0 Å². The quantitative estimate of drug-likeness (QED) is 0.144. The van der Waals surface area contributed by atoms with Crippen LogP contribution in [-0.2, 0) is 21.7 Å². The van der Waals surface area contributed by atoms with Crippen molar-refractivity contribution in [3.8, 4) is 123 Å². The standard InChI is InChI=1S/C108H66O2/c1-5-25-69(26-6-1)98-59-61-100(109-98)71-51-47-67(48-52-71)73-56-58-89-85(63-73)79-34-14-17-39-87(79)107(89)92-43-21-20-42-91(92)106(77-31-11-4-12-32-77)96-65-74(55-57-80(96)82-37-24-45-94(107)104(82)106)84-64-75(68-49-53-72(54-50-68)101-62-60-99(110-101)70-27-7-2-8-28-70)66-97-102(84)83-35-15-18-40-88(83)108(97)93-44-22-19-41-90(93)105(76-29-9-3-10-30-76)86-38-16-13-33-78(86)81-36-23-46-95(108)103(81)105/h1-66H. The number of fused-ring (bicyclic) bond motifs is 24. The molecule has 6 aliphatic carbocycles. The van der Waals surface area contributed by atoms with Gasteiger partial charge in [-0.1, -0.05) is 352 Å². The largest absolute Gasteiger partial charge is 0.456 e. The highest BCUT2D eigenvalue weighted by Crippen LogP contribution is 2.72. The Morgan fingerprint density at radius 1 is 0.145 bits per heavy atom. The zero-order valence-electron chi connectivity index (χ0n) is 59.9. The van der Waals surface area contributed by atoms with E-state index in [1.807, 2.05) is 12.1 Å². The zero-order chi connectivity index (χ0) is 72.0. The monoisotopic (exact) mass is 1390 g/mol. The van der Waals surface area contributed by atoms with Crippen molar-refractivity contribution in [2.24, 2.45) is 0 Å². The van der Waals surface area contributed by atoms with Gasteiger partial charge in [0.1, 0.15) is 23.0 Å². The molecular weight excluding hydrogens is 1330 g/mol. The lowest BCUT2D eigenvalue weighted by Crippen LogP contribution is -2.43. The molecule has 0 fully saturated rings. The number of benzene rings is 16. The van der Waals surface area contributed by atoms with E-state index in [2.05, 4.69) is 388 Å². The SMILES string of the molecule is c1ccc(-c2ccc(-c3ccc(-c4ccc5c(c4)-c4ccccc4C54c5ccccc5C5(c6ccccc6)c6cc(-c7cc(-c8ccc(-c9ccc(-c%10ccccc%10)o9)cc8)cc8c7-c7ccccc7C87c8ccccc8C8(c9ccccc9)c9ccccc9-c9cccc7c98)ccc6-c6cccc4c65)cc3)o2)cc1. The van der Waals surface area contributed by atoms with Crippen LogP contribution in [0.1, 0.15) is 89.0 Å². The minimum Gasteiger partial charge on any atom is -0.456 e. The van der Waals surface area contributed by atoms with Gasteiger partial charge in [0, 0.05) is 22.3 Å². The predicted octanol–water partition coefficient (Wildman–Crippen LogP) is 26.6. The van der Waals surface area contributed by atoms with Crippen molar-refractivity contribution in [2.75, 3.05) is 0 Å². The third-order valence-corrected chi connectivity index (χ3v) is 25.7. The fourth-order valence-corrected chi connectivity index (χ4v) is 21.5. The van der Waals surface area contributed by atoms with E-state index in [-0.39, 0.29) is 0 Å².